The van der Waals surface area contributed by atoms with Crippen LogP contribution in [-0.2, 0) is 14.3 Å². The van der Waals surface area contributed by atoms with E-state index in [1.807, 2.05) is 25.2 Å². The average molecular weight is 397 g/mol. The zero-order chi connectivity index (χ0) is 21.2. The molecule has 2 aliphatic rings. The number of nitrogens with one attached hydrogen (secondary N) is 2. The summed E-state index contributed by atoms with van der Waals surface area (Å²) < 4.78 is 10.9. The number of benzene rings is 1. The van der Waals surface area contributed by atoms with Crippen LogP contribution in [0.4, 0.5) is 5.69 Å². The average Bonchev–Trinajstić information content (AvgIpc) is 2.73. The lowest BCUT2D eigenvalue weighted by Crippen LogP contribution is -2.50. The van der Waals surface area contributed by atoms with E-state index < -0.39 is 22.5 Å². The lowest BCUT2D eigenvalue weighted by molar-refractivity contribution is -0.384. The summed E-state index contributed by atoms with van der Waals surface area (Å²) in [5.74, 6) is -1.13. The molecule has 2 unspecified atom stereocenters. The number of ether oxygens (including phenoxy) is 2. The molecular formula is C21H23N3O5. The number of nitro groups is 1. The van der Waals surface area contributed by atoms with Crippen LogP contribution in [0.3, 0.4) is 0 Å². The Kier molecular flexibility index (Phi) is 5.56. The second-order valence-electron chi connectivity index (χ2n) is 6.78. The third kappa shape index (κ3) is 3.54. The van der Waals surface area contributed by atoms with Crippen LogP contribution in [0.25, 0.3) is 0 Å². The molecule has 0 saturated carbocycles. The monoisotopic (exact) mass is 397 g/mol. The Labute approximate surface area is 168 Å². The highest BCUT2D eigenvalue weighted by molar-refractivity contribution is 5.92. The van der Waals surface area contributed by atoms with Crippen molar-refractivity contribution in [3.63, 3.8) is 0 Å². The van der Waals surface area contributed by atoms with E-state index in [1.54, 1.807) is 32.4 Å². The van der Waals surface area contributed by atoms with Gasteiger partial charge in [-0.2, -0.15) is 0 Å². The smallest absolute Gasteiger partial charge is 0.336 e. The highest BCUT2D eigenvalue weighted by atomic mass is 16.6. The summed E-state index contributed by atoms with van der Waals surface area (Å²) >= 11 is 0. The first-order chi connectivity index (χ1) is 13.8. The fraction of sp³-hybridized carbons (Fsp3) is 0.286. The normalized spacial score (nSPS) is 23.5. The number of nitrogens with zero attached hydrogens (tertiary/aromatic N) is 1. The maximum absolute atomic E-state index is 12.7. The van der Waals surface area contributed by atoms with Crippen LogP contribution >= 0.6 is 0 Å². The van der Waals surface area contributed by atoms with Crippen LogP contribution in [0.2, 0.25) is 0 Å². The summed E-state index contributed by atoms with van der Waals surface area (Å²) in [6.07, 6.45) is 7.26. The van der Waals surface area contributed by atoms with Gasteiger partial charge in [-0.25, -0.2) is 4.79 Å². The maximum Gasteiger partial charge on any atom is 0.336 e. The molecule has 0 bridgehead atoms. The molecule has 0 radical (unpaired) electrons. The van der Waals surface area contributed by atoms with Crippen LogP contribution < -0.4 is 10.6 Å². The highest BCUT2D eigenvalue weighted by Gasteiger charge is 2.44. The van der Waals surface area contributed by atoms with Crippen molar-refractivity contribution >= 4 is 11.7 Å². The van der Waals surface area contributed by atoms with Crippen molar-refractivity contribution in [3.05, 3.63) is 86.9 Å². The van der Waals surface area contributed by atoms with E-state index in [0.29, 0.717) is 22.4 Å². The van der Waals surface area contributed by atoms with Crippen molar-refractivity contribution in [1.29, 1.82) is 0 Å². The highest BCUT2D eigenvalue weighted by Crippen LogP contribution is 2.45. The SMILES string of the molecule is COC(=O)C1=C(C)NC(C)=C(C2(OC)C=CC=CN2)C1c1cccc([N+](=O)[O-])c1. The quantitative estimate of drug-likeness (QED) is 0.447. The number of dihydropyridines is 2. The van der Waals surface area contributed by atoms with Gasteiger partial charge in [0.15, 0.2) is 5.72 Å². The number of nitro benzene ring substituents is 1. The Morgan fingerprint density at radius 3 is 2.55 bits per heavy atom. The molecule has 1 aromatic carbocycles. The number of carbonyl (C=O) groups excluding carboxylic acids is 1. The number of esters is 1. The molecule has 2 aliphatic heterocycles. The van der Waals surface area contributed by atoms with Crippen molar-refractivity contribution < 1.29 is 19.2 Å². The molecule has 2 heterocycles. The van der Waals surface area contributed by atoms with Gasteiger partial charge in [-0.05, 0) is 37.8 Å². The number of hydrogen-bond donors (Lipinski definition) is 2. The first-order valence-corrected chi connectivity index (χ1v) is 9.03. The van der Waals surface area contributed by atoms with E-state index in [1.165, 1.54) is 19.2 Å². The van der Waals surface area contributed by atoms with Gasteiger partial charge in [0.2, 0.25) is 0 Å². The lowest BCUT2D eigenvalue weighted by Gasteiger charge is -2.42. The molecule has 0 spiro atoms. The fourth-order valence-electron chi connectivity index (χ4n) is 3.89. The number of rotatable bonds is 5. The van der Waals surface area contributed by atoms with Crippen molar-refractivity contribution in [2.75, 3.05) is 14.2 Å². The van der Waals surface area contributed by atoms with Crippen LogP contribution in [0.5, 0.6) is 0 Å². The van der Waals surface area contributed by atoms with Gasteiger partial charge in [0.25, 0.3) is 5.69 Å². The molecule has 3 rings (SSSR count). The summed E-state index contributed by atoms with van der Waals surface area (Å²) in [4.78, 5) is 23.6. The predicted octanol–water partition coefficient (Wildman–Crippen LogP) is 3.02. The van der Waals surface area contributed by atoms with E-state index in [2.05, 4.69) is 10.6 Å². The van der Waals surface area contributed by atoms with Gasteiger partial charge in [0.1, 0.15) is 0 Å². The Bertz CT molecular complexity index is 976. The van der Waals surface area contributed by atoms with E-state index in [-0.39, 0.29) is 5.69 Å². The minimum absolute atomic E-state index is 0.0570. The summed E-state index contributed by atoms with van der Waals surface area (Å²) in [5, 5.41) is 17.8. The zero-order valence-corrected chi connectivity index (χ0v) is 16.7. The topological polar surface area (TPSA) is 103 Å². The van der Waals surface area contributed by atoms with Gasteiger partial charge in [-0.3, -0.25) is 10.1 Å². The van der Waals surface area contributed by atoms with Crippen molar-refractivity contribution in [3.8, 4) is 0 Å². The standard InChI is InChI=1S/C21H23N3O5/c1-13-17(20(25)28-3)18(15-8-7-9-16(12-15)24(26)27)19(14(2)23-13)21(29-4)10-5-6-11-22-21/h5-12,18,22-23H,1-4H3. The molecule has 0 aliphatic carbocycles. The molecule has 2 N–H and O–H groups in total. The molecule has 8 nitrogen and oxygen atoms in total. The minimum Gasteiger partial charge on any atom is -0.466 e. The predicted molar refractivity (Wildman–Crippen MR) is 108 cm³/mol. The Hall–Kier alpha value is -3.39. The fourth-order valence-corrected chi connectivity index (χ4v) is 3.89. The van der Waals surface area contributed by atoms with E-state index >= 15 is 0 Å². The molecule has 29 heavy (non-hydrogen) atoms. The number of carbonyl (C=O) groups is 1. The summed E-state index contributed by atoms with van der Waals surface area (Å²) in [5.41, 5.74) is 1.98. The van der Waals surface area contributed by atoms with E-state index in [4.69, 9.17) is 9.47 Å². The van der Waals surface area contributed by atoms with Crippen LogP contribution in [0.15, 0.2) is 71.2 Å². The number of non-ortho nitro benzene ring substituents is 1. The van der Waals surface area contributed by atoms with Gasteiger partial charge in [0.05, 0.1) is 17.6 Å². The number of hydrogen-bond acceptors (Lipinski definition) is 7. The largest absolute Gasteiger partial charge is 0.466 e. The van der Waals surface area contributed by atoms with Gasteiger partial charge in [-0.15, -0.1) is 0 Å². The van der Waals surface area contributed by atoms with Crippen LogP contribution in [0.1, 0.15) is 25.3 Å². The van der Waals surface area contributed by atoms with Gasteiger partial charge in [0, 0.05) is 42.1 Å². The molecule has 0 amide bonds. The molecule has 2 atom stereocenters. The second kappa shape index (κ2) is 7.92. The lowest BCUT2D eigenvalue weighted by atomic mass is 9.75. The van der Waals surface area contributed by atoms with Crippen LogP contribution in [-0.4, -0.2) is 30.8 Å². The zero-order valence-electron chi connectivity index (χ0n) is 16.7. The van der Waals surface area contributed by atoms with Crippen molar-refractivity contribution in [2.45, 2.75) is 25.5 Å². The molecule has 0 aromatic heterocycles. The van der Waals surface area contributed by atoms with Crippen molar-refractivity contribution in [2.24, 2.45) is 0 Å². The third-order valence-corrected chi connectivity index (χ3v) is 5.14. The Morgan fingerprint density at radius 2 is 1.97 bits per heavy atom. The molecular weight excluding hydrogens is 374 g/mol. The van der Waals surface area contributed by atoms with Gasteiger partial charge < -0.3 is 20.1 Å². The van der Waals surface area contributed by atoms with Gasteiger partial charge in [-0.1, -0.05) is 18.2 Å². The van der Waals surface area contributed by atoms with Gasteiger partial charge >= 0.3 is 5.97 Å². The molecule has 8 heteroatoms. The molecule has 0 fully saturated rings. The van der Waals surface area contributed by atoms with Crippen molar-refractivity contribution in [1.82, 2.24) is 10.6 Å². The first-order valence-electron chi connectivity index (χ1n) is 9.03. The third-order valence-electron chi connectivity index (χ3n) is 5.14. The number of methoxy groups -OCH3 is 2. The first kappa shape index (κ1) is 20.3. The van der Waals surface area contributed by atoms with Crippen LogP contribution in [0, 0.1) is 10.1 Å². The Morgan fingerprint density at radius 1 is 1.21 bits per heavy atom. The molecule has 0 saturated heterocycles. The minimum atomic E-state index is -1.04. The molecule has 1 aromatic rings. The Balaban J connectivity index is 2.28. The maximum atomic E-state index is 12.7. The molecule has 152 valence electrons. The second-order valence-corrected chi connectivity index (χ2v) is 6.78. The van der Waals surface area contributed by atoms with E-state index in [9.17, 15) is 14.9 Å². The number of allylic oxidation sites excluding steroid dienone is 4. The van der Waals surface area contributed by atoms with E-state index in [0.717, 1.165) is 5.70 Å². The summed E-state index contributed by atoms with van der Waals surface area (Å²) in [6.45, 7) is 3.66. The summed E-state index contributed by atoms with van der Waals surface area (Å²) in [6, 6.07) is 6.27. The summed E-state index contributed by atoms with van der Waals surface area (Å²) in [7, 11) is 2.87.